The lowest BCUT2D eigenvalue weighted by molar-refractivity contribution is -0.125. The third-order valence-corrected chi connectivity index (χ3v) is 4.28. The van der Waals surface area contributed by atoms with Gasteiger partial charge >= 0.3 is 0 Å². The van der Waals surface area contributed by atoms with E-state index in [2.05, 4.69) is 43.4 Å². The van der Waals surface area contributed by atoms with Crippen molar-refractivity contribution in [2.75, 3.05) is 6.54 Å². The predicted octanol–water partition coefficient (Wildman–Crippen LogP) is 3.56. The Balaban J connectivity index is 1.83. The largest absolute Gasteiger partial charge is 0.354 e. The highest BCUT2D eigenvalue weighted by Crippen LogP contribution is 2.25. The Hall–Kier alpha value is -1.02. The second-order valence-electron chi connectivity index (χ2n) is 6.18. The summed E-state index contributed by atoms with van der Waals surface area (Å²) in [5, 5.41) is 3.05. The first kappa shape index (κ1) is 15.4. The zero-order chi connectivity index (χ0) is 14.5. The second kappa shape index (κ2) is 7.12. The van der Waals surface area contributed by atoms with Crippen molar-refractivity contribution in [1.29, 1.82) is 0 Å². The van der Waals surface area contributed by atoms with Gasteiger partial charge in [-0.05, 0) is 42.7 Å². The highest BCUT2D eigenvalue weighted by atomic mass is 35.5. The van der Waals surface area contributed by atoms with Crippen molar-refractivity contribution < 1.29 is 4.79 Å². The minimum atomic E-state index is 0.0369. The van der Waals surface area contributed by atoms with Gasteiger partial charge in [-0.1, -0.05) is 38.1 Å². The maximum absolute atomic E-state index is 12.2. The van der Waals surface area contributed by atoms with Crippen molar-refractivity contribution >= 4 is 17.5 Å². The van der Waals surface area contributed by atoms with Gasteiger partial charge < -0.3 is 5.32 Å². The minimum Gasteiger partial charge on any atom is -0.354 e. The zero-order valence-corrected chi connectivity index (χ0v) is 13.1. The minimum absolute atomic E-state index is 0.0369. The molecule has 20 heavy (non-hydrogen) atoms. The molecule has 1 aromatic carbocycles. The Morgan fingerprint density at radius 1 is 1.35 bits per heavy atom. The third kappa shape index (κ3) is 4.24. The van der Waals surface area contributed by atoms with Crippen molar-refractivity contribution in [2.45, 2.75) is 44.9 Å². The Labute approximate surface area is 126 Å². The van der Waals surface area contributed by atoms with Gasteiger partial charge in [0.15, 0.2) is 0 Å². The van der Waals surface area contributed by atoms with Crippen molar-refractivity contribution in [2.24, 2.45) is 11.8 Å². The number of aryl methyl sites for hydroxylation is 1. The molecule has 2 nitrogen and oxygen atoms in total. The lowest BCUT2D eigenvalue weighted by Gasteiger charge is -2.24. The molecule has 0 spiro atoms. The van der Waals surface area contributed by atoms with E-state index in [0.717, 1.165) is 25.7 Å². The van der Waals surface area contributed by atoms with Crippen LogP contribution in [0.1, 0.15) is 37.8 Å². The van der Waals surface area contributed by atoms with Crippen LogP contribution in [0.3, 0.4) is 0 Å². The number of rotatable bonds is 5. The summed E-state index contributed by atoms with van der Waals surface area (Å²) < 4.78 is 0. The molecule has 0 saturated carbocycles. The van der Waals surface area contributed by atoms with E-state index >= 15 is 0 Å². The molecule has 0 heterocycles. The molecular weight excluding hydrogens is 270 g/mol. The smallest absolute Gasteiger partial charge is 0.223 e. The molecule has 1 amide bonds. The second-order valence-corrected chi connectivity index (χ2v) is 6.80. The van der Waals surface area contributed by atoms with Gasteiger partial charge in [0, 0.05) is 12.5 Å². The lowest BCUT2D eigenvalue weighted by Crippen LogP contribution is -2.37. The molecule has 1 aliphatic rings. The van der Waals surface area contributed by atoms with Crippen molar-refractivity contribution in [3.8, 4) is 0 Å². The number of carbonyl (C=O) groups excluding carboxylic acids is 1. The average molecular weight is 294 g/mol. The fraction of sp³-hybridized carbons (Fsp3) is 0.588. The molecule has 3 heteroatoms. The van der Waals surface area contributed by atoms with Crippen LogP contribution in [0, 0.1) is 11.8 Å². The van der Waals surface area contributed by atoms with Crippen LogP contribution in [0.15, 0.2) is 24.3 Å². The van der Waals surface area contributed by atoms with E-state index in [-0.39, 0.29) is 17.2 Å². The van der Waals surface area contributed by atoms with Crippen molar-refractivity contribution in [3.05, 3.63) is 35.4 Å². The summed E-state index contributed by atoms with van der Waals surface area (Å²) in [6.07, 6.45) is 3.75. The number of hydrogen-bond donors (Lipinski definition) is 1. The van der Waals surface area contributed by atoms with Gasteiger partial charge in [-0.2, -0.15) is 0 Å². The number of halogens is 1. The standard InChI is InChI=1S/C17H24ClNO/c1-12(2)9-16(18)11-19-17(20)15-8-7-13-5-3-4-6-14(13)10-15/h3-6,12,15-16H,7-11H2,1-2H3,(H,19,20). The van der Waals surface area contributed by atoms with Crippen LogP contribution in [0.5, 0.6) is 0 Å². The lowest BCUT2D eigenvalue weighted by atomic mass is 9.83. The molecule has 0 aliphatic heterocycles. The van der Waals surface area contributed by atoms with E-state index < -0.39 is 0 Å². The molecular formula is C17H24ClNO. The Morgan fingerprint density at radius 3 is 2.75 bits per heavy atom. The van der Waals surface area contributed by atoms with E-state index in [0.29, 0.717) is 12.5 Å². The molecule has 2 rings (SSSR count). The topological polar surface area (TPSA) is 29.1 Å². The number of carbonyl (C=O) groups is 1. The molecule has 0 bridgehead atoms. The number of nitrogens with one attached hydrogen (secondary N) is 1. The third-order valence-electron chi connectivity index (χ3n) is 3.94. The highest BCUT2D eigenvalue weighted by molar-refractivity contribution is 6.20. The van der Waals surface area contributed by atoms with Crippen LogP contribution in [0.25, 0.3) is 0 Å². The number of alkyl halides is 1. The van der Waals surface area contributed by atoms with Crippen LogP contribution in [-0.4, -0.2) is 17.8 Å². The molecule has 0 aromatic heterocycles. The summed E-state index contributed by atoms with van der Waals surface area (Å²) in [4.78, 5) is 12.2. The molecule has 110 valence electrons. The molecule has 2 atom stereocenters. The van der Waals surface area contributed by atoms with Crippen molar-refractivity contribution in [3.63, 3.8) is 0 Å². The SMILES string of the molecule is CC(C)CC(Cl)CNC(=O)C1CCc2ccccc2C1. The Kier molecular flexibility index (Phi) is 5.47. The highest BCUT2D eigenvalue weighted by Gasteiger charge is 2.24. The van der Waals surface area contributed by atoms with Crippen LogP contribution >= 0.6 is 11.6 Å². The molecule has 1 aromatic rings. The van der Waals surface area contributed by atoms with Crippen LogP contribution in [0.2, 0.25) is 0 Å². The van der Waals surface area contributed by atoms with Crippen LogP contribution in [-0.2, 0) is 17.6 Å². The van der Waals surface area contributed by atoms with Gasteiger partial charge in [0.1, 0.15) is 0 Å². The van der Waals surface area contributed by atoms with Gasteiger partial charge in [0.05, 0.1) is 5.38 Å². The maximum Gasteiger partial charge on any atom is 0.223 e. The van der Waals surface area contributed by atoms with Gasteiger partial charge in [-0.25, -0.2) is 0 Å². The predicted molar refractivity (Wildman–Crippen MR) is 84.1 cm³/mol. The summed E-state index contributed by atoms with van der Waals surface area (Å²) in [6, 6.07) is 8.43. The van der Waals surface area contributed by atoms with Crippen LogP contribution < -0.4 is 5.32 Å². The molecule has 2 unspecified atom stereocenters. The monoisotopic (exact) mass is 293 g/mol. The van der Waals surface area contributed by atoms with Gasteiger partial charge in [-0.15, -0.1) is 11.6 Å². The van der Waals surface area contributed by atoms with E-state index in [1.165, 1.54) is 11.1 Å². The summed E-state index contributed by atoms with van der Waals surface area (Å²) in [5.41, 5.74) is 2.72. The van der Waals surface area contributed by atoms with E-state index in [4.69, 9.17) is 11.6 Å². The van der Waals surface area contributed by atoms with Gasteiger partial charge in [0.2, 0.25) is 5.91 Å². The first-order valence-corrected chi connectivity index (χ1v) is 7.98. The van der Waals surface area contributed by atoms with Gasteiger partial charge in [0.25, 0.3) is 0 Å². The fourth-order valence-corrected chi connectivity index (χ4v) is 3.31. The summed E-state index contributed by atoms with van der Waals surface area (Å²) in [7, 11) is 0. The summed E-state index contributed by atoms with van der Waals surface area (Å²) in [5.74, 6) is 0.831. The number of amides is 1. The molecule has 0 radical (unpaired) electrons. The molecule has 0 saturated heterocycles. The Morgan fingerprint density at radius 2 is 2.05 bits per heavy atom. The first-order chi connectivity index (χ1) is 9.56. The zero-order valence-electron chi connectivity index (χ0n) is 12.4. The first-order valence-electron chi connectivity index (χ1n) is 7.54. The fourth-order valence-electron chi connectivity index (χ4n) is 2.87. The number of fused-ring (bicyclic) bond motifs is 1. The molecule has 1 aliphatic carbocycles. The van der Waals surface area contributed by atoms with E-state index in [9.17, 15) is 4.79 Å². The molecule has 0 fully saturated rings. The number of benzene rings is 1. The quantitative estimate of drug-likeness (QED) is 0.826. The van der Waals surface area contributed by atoms with E-state index in [1.54, 1.807) is 0 Å². The van der Waals surface area contributed by atoms with Crippen LogP contribution in [0.4, 0.5) is 0 Å². The average Bonchev–Trinajstić information content (AvgIpc) is 2.43. The van der Waals surface area contributed by atoms with Gasteiger partial charge in [-0.3, -0.25) is 4.79 Å². The Bertz CT molecular complexity index is 458. The normalized spacial score (nSPS) is 19.5. The molecule has 1 N–H and O–H groups in total. The van der Waals surface area contributed by atoms with E-state index in [1.807, 2.05) is 0 Å². The summed E-state index contributed by atoms with van der Waals surface area (Å²) in [6.45, 7) is 4.88. The van der Waals surface area contributed by atoms with Crippen molar-refractivity contribution in [1.82, 2.24) is 5.32 Å². The maximum atomic E-state index is 12.2. The summed E-state index contributed by atoms with van der Waals surface area (Å²) >= 11 is 6.23. The number of hydrogen-bond acceptors (Lipinski definition) is 1.